The van der Waals surface area contributed by atoms with Crippen molar-refractivity contribution in [2.24, 2.45) is 0 Å². The van der Waals surface area contributed by atoms with Gasteiger partial charge in [0, 0.05) is 27.4 Å². The summed E-state index contributed by atoms with van der Waals surface area (Å²) in [7, 11) is 4.52. The molecular weight excluding hydrogens is 188 g/mol. The minimum absolute atomic E-state index is 0.230. The van der Waals surface area contributed by atoms with Crippen molar-refractivity contribution in [1.29, 1.82) is 0 Å². The highest BCUT2D eigenvalue weighted by Crippen LogP contribution is 1.82. The molecule has 0 spiro atoms. The average molecular weight is 208 g/mol. The van der Waals surface area contributed by atoms with Crippen molar-refractivity contribution in [2.75, 3.05) is 41.2 Å². The number of carbonyl (C=O) groups excluding carboxylic acids is 1. The average Bonchev–Trinajstić information content (AvgIpc) is 2.23. The molecule has 0 radical (unpaired) electrons. The van der Waals surface area contributed by atoms with Gasteiger partial charge >= 0.3 is 5.97 Å². The van der Waals surface area contributed by atoms with E-state index in [1.165, 1.54) is 7.11 Å². The lowest BCUT2D eigenvalue weighted by Gasteiger charge is -1.94. The number of hydrogen-bond donors (Lipinski definition) is 1. The van der Waals surface area contributed by atoms with Gasteiger partial charge in [-0.25, -0.2) is 0 Å². The van der Waals surface area contributed by atoms with E-state index in [1.54, 1.807) is 14.2 Å². The van der Waals surface area contributed by atoms with Gasteiger partial charge in [-0.15, -0.1) is 0 Å². The first-order valence-corrected chi connectivity index (χ1v) is 4.38. The van der Waals surface area contributed by atoms with Crippen molar-refractivity contribution < 1.29 is 24.1 Å². The van der Waals surface area contributed by atoms with Crippen LogP contribution < -0.4 is 0 Å². The zero-order chi connectivity index (χ0) is 11.2. The number of aliphatic hydroxyl groups is 1. The van der Waals surface area contributed by atoms with Crippen molar-refractivity contribution >= 4 is 5.97 Å². The van der Waals surface area contributed by atoms with Crippen LogP contribution in [0.1, 0.15) is 12.8 Å². The molecule has 0 aromatic rings. The molecule has 0 amide bonds. The van der Waals surface area contributed by atoms with Crippen LogP contribution in [0.5, 0.6) is 0 Å². The van der Waals surface area contributed by atoms with Gasteiger partial charge in [-0.3, -0.25) is 4.79 Å². The van der Waals surface area contributed by atoms with E-state index in [0.717, 1.165) is 6.42 Å². The zero-order valence-electron chi connectivity index (χ0n) is 9.12. The van der Waals surface area contributed by atoms with Crippen LogP contribution >= 0.6 is 0 Å². The van der Waals surface area contributed by atoms with Crippen molar-refractivity contribution in [3.63, 3.8) is 0 Å². The molecule has 86 valence electrons. The lowest BCUT2D eigenvalue weighted by molar-refractivity contribution is -0.141. The topological polar surface area (TPSA) is 65.0 Å². The standard InChI is InChI=1S/C5H10O3.C4H10O2/c1-7-4-3-5(6)8-2;1-6-4-2-3-5/h3-4H2,1-2H3;5H,2-4H2,1H3. The van der Waals surface area contributed by atoms with Crippen molar-refractivity contribution in [2.45, 2.75) is 12.8 Å². The molecule has 0 aromatic carbocycles. The summed E-state index contributed by atoms with van der Waals surface area (Å²) >= 11 is 0. The summed E-state index contributed by atoms with van der Waals surface area (Å²) in [5.74, 6) is -0.230. The Morgan fingerprint density at radius 2 is 1.71 bits per heavy atom. The molecular formula is C9H20O5. The highest BCUT2D eigenvalue weighted by Gasteiger charge is 1.95. The highest BCUT2D eigenvalue weighted by molar-refractivity contribution is 5.69. The van der Waals surface area contributed by atoms with E-state index in [-0.39, 0.29) is 12.6 Å². The zero-order valence-corrected chi connectivity index (χ0v) is 9.12. The quantitative estimate of drug-likeness (QED) is 0.499. The van der Waals surface area contributed by atoms with E-state index in [1.807, 2.05) is 0 Å². The molecule has 1 N–H and O–H groups in total. The second-order valence-corrected chi connectivity index (χ2v) is 2.39. The van der Waals surface area contributed by atoms with Gasteiger partial charge in [0.05, 0.1) is 20.1 Å². The Morgan fingerprint density at radius 1 is 1.14 bits per heavy atom. The third-order valence-corrected chi connectivity index (χ3v) is 1.24. The summed E-state index contributed by atoms with van der Waals surface area (Å²) in [5.41, 5.74) is 0. The molecule has 0 aliphatic carbocycles. The van der Waals surface area contributed by atoms with Gasteiger partial charge in [-0.05, 0) is 6.42 Å². The maximum absolute atomic E-state index is 10.3. The lowest BCUT2D eigenvalue weighted by atomic mass is 10.5. The molecule has 5 heteroatoms. The number of carbonyl (C=O) groups is 1. The molecule has 0 rings (SSSR count). The van der Waals surface area contributed by atoms with E-state index in [0.29, 0.717) is 19.6 Å². The summed E-state index contributed by atoms with van der Waals surface area (Å²) in [5, 5.41) is 8.12. The monoisotopic (exact) mass is 208 g/mol. The molecule has 0 atom stereocenters. The number of rotatable bonds is 6. The Bertz CT molecular complexity index is 112. The second-order valence-electron chi connectivity index (χ2n) is 2.39. The van der Waals surface area contributed by atoms with Crippen LogP contribution in [0.15, 0.2) is 0 Å². The molecule has 0 aliphatic heterocycles. The van der Waals surface area contributed by atoms with Crippen molar-refractivity contribution in [3.05, 3.63) is 0 Å². The Balaban J connectivity index is 0. The SMILES string of the molecule is COCCC(=O)OC.COCCCO. The molecule has 14 heavy (non-hydrogen) atoms. The highest BCUT2D eigenvalue weighted by atomic mass is 16.5. The fourth-order valence-corrected chi connectivity index (χ4v) is 0.496. The number of aliphatic hydroxyl groups excluding tert-OH is 1. The van der Waals surface area contributed by atoms with Crippen LogP contribution in [0.25, 0.3) is 0 Å². The van der Waals surface area contributed by atoms with Crippen LogP contribution in [0, 0.1) is 0 Å². The van der Waals surface area contributed by atoms with Gasteiger partial charge in [0.2, 0.25) is 0 Å². The largest absolute Gasteiger partial charge is 0.469 e. The minimum atomic E-state index is -0.230. The first-order valence-electron chi connectivity index (χ1n) is 4.38. The maximum Gasteiger partial charge on any atom is 0.307 e. The summed E-state index contributed by atoms with van der Waals surface area (Å²) in [4.78, 5) is 10.3. The molecule has 0 aliphatic rings. The molecule has 0 aromatic heterocycles. The van der Waals surface area contributed by atoms with E-state index >= 15 is 0 Å². The van der Waals surface area contributed by atoms with Gasteiger partial charge < -0.3 is 19.3 Å². The summed E-state index contributed by atoms with van der Waals surface area (Å²) < 4.78 is 13.6. The normalized spacial score (nSPS) is 8.86. The van der Waals surface area contributed by atoms with Crippen LogP contribution in [-0.2, 0) is 19.0 Å². The number of esters is 1. The second kappa shape index (κ2) is 14.9. The first kappa shape index (κ1) is 15.8. The molecule has 0 unspecified atom stereocenters. The van der Waals surface area contributed by atoms with E-state index in [9.17, 15) is 4.79 Å². The lowest BCUT2D eigenvalue weighted by Crippen LogP contribution is -2.03. The number of ether oxygens (including phenoxy) is 3. The van der Waals surface area contributed by atoms with Crippen molar-refractivity contribution in [1.82, 2.24) is 0 Å². The number of methoxy groups -OCH3 is 3. The third-order valence-electron chi connectivity index (χ3n) is 1.24. The van der Waals surface area contributed by atoms with E-state index in [2.05, 4.69) is 14.2 Å². The first-order chi connectivity index (χ1) is 6.72. The fourth-order valence-electron chi connectivity index (χ4n) is 0.496. The predicted octanol–water partition coefficient (Wildman–Crippen LogP) is 0.211. The third kappa shape index (κ3) is 17.4. The van der Waals surface area contributed by atoms with E-state index < -0.39 is 0 Å². The van der Waals surface area contributed by atoms with Crippen LogP contribution in [0.4, 0.5) is 0 Å². The van der Waals surface area contributed by atoms with Crippen LogP contribution in [0.3, 0.4) is 0 Å². The Kier molecular flexibility index (Phi) is 16.8. The van der Waals surface area contributed by atoms with Gasteiger partial charge in [-0.1, -0.05) is 0 Å². The number of hydrogen-bond acceptors (Lipinski definition) is 5. The van der Waals surface area contributed by atoms with Gasteiger partial charge in [0.25, 0.3) is 0 Å². The predicted molar refractivity (Wildman–Crippen MR) is 52.1 cm³/mol. The maximum atomic E-state index is 10.3. The Morgan fingerprint density at radius 3 is 2.00 bits per heavy atom. The Hall–Kier alpha value is -0.650. The fraction of sp³-hybridized carbons (Fsp3) is 0.889. The van der Waals surface area contributed by atoms with Gasteiger partial charge in [0.15, 0.2) is 0 Å². The van der Waals surface area contributed by atoms with Crippen molar-refractivity contribution in [3.8, 4) is 0 Å². The van der Waals surface area contributed by atoms with Crippen LogP contribution in [-0.4, -0.2) is 52.2 Å². The minimum Gasteiger partial charge on any atom is -0.469 e. The Labute approximate surface area is 85.0 Å². The molecule has 0 fully saturated rings. The summed E-state index contributed by atoms with van der Waals surface area (Å²) in [6, 6.07) is 0. The smallest absolute Gasteiger partial charge is 0.307 e. The molecule has 0 heterocycles. The molecule has 0 bridgehead atoms. The molecule has 0 saturated heterocycles. The van der Waals surface area contributed by atoms with Gasteiger partial charge in [0.1, 0.15) is 0 Å². The molecule has 5 nitrogen and oxygen atoms in total. The summed E-state index contributed by atoms with van der Waals surface area (Å²) in [6.45, 7) is 1.33. The molecule has 0 saturated carbocycles. The van der Waals surface area contributed by atoms with E-state index in [4.69, 9.17) is 5.11 Å². The van der Waals surface area contributed by atoms with Crippen LogP contribution in [0.2, 0.25) is 0 Å². The summed E-state index contributed by atoms with van der Waals surface area (Å²) in [6.07, 6.45) is 1.09. The van der Waals surface area contributed by atoms with Gasteiger partial charge in [-0.2, -0.15) is 0 Å².